The van der Waals surface area contributed by atoms with Crippen LogP contribution in [0.3, 0.4) is 0 Å². The highest BCUT2D eigenvalue weighted by molar-refractivity contribution is 7.88. The van der Waals surface area contributed by atoms with E-state index in [0.717, 1.165) is 0 Å². The summed E-state index contributed by atoms with van der Waals surface area (Å²) < 4.78 is 45.8. The van der Waals surface area contributed by atoms with Gasteiger partial charge in [0.05, 0.1) is 23.6 Å². The van der Waals surface area contributed by atoms with Gasteiger partial charge in [-0.15, -0.1) is 0 Å². The predicted molar refractivity (Wildman–Crippen MR) is 119 cm³/mol. The van der Waals surface area contributed by atoms with Gasteiger partial charge in [-0.3, -0.25) is 4.79 Å². The molecule has 0 radical (unpaired) electrons. The molecule has 0 aromatic heterocycles. The van der Waals surface area contributed by atoms with Crippen molar-refractivity contribution in [2.45, 2.75) is 25.5 Å². The fourth-order valence-electron chi connectivity index (χ4n) is 3.55. The van der Waals surface area contributed by atoms with Crippen molar-refractivity contribution < 1.29 is 27.1 Å². The molecular formula is C22H24ClFN2O5S. The quantitative estimate of drug-likeness (QED) is 0.605. The Morgan fingerprint density at radius 1 is 1.16 bits per heavy atom. The Labute approximate surface area is 191 Å². The number of anilines is 1. The van der Waals surface area contributed by atoms with Crippen molar-refractivity contribution in [3.63, 3.8) is 0 Å². The standard InChI is InChI=1S/C22H24ClFN2O5S/c1-2-31-22(28)16-6-3-4-9-20(16)25-21(27)15-10-12-26(13-11-15)32(29,30)14-17-18(23)7-5-8-19(17)24/h3-9,15H,2,10-14H2,1H3,(H,25,27). The van der Waals surface area contributed by atoms with Crippen molar-refractivity contribution in [2.75, 3.05) is 25.0 Å². The molecule has 0 aliphatic carbocycles. The fraction of sp³-hybridized carbons (Fsp3) is 0.364. The van der Waals surface area contributed by atoms with Crippen molar-refractivity contribution in [1.29, 1.82) is 0 Å². The van der Waals surface area contributed by atoms with Gasteiger partial charge < -0.3 is 10.1 Å². The van der Waals surface area contributed by atoms with Gasteiger partial charge in [-0.2, -0.15) is 0 Å². The number of halogens is 2. The van der Waals surface area contributed by atoms with Gasteiger partial charge in [0.1, 0.15) is 5.82 Å². The maximum atomic E-state index is 14.0. The SMILES string of the molecule is CCOC(=O)c1ccccc1NC(=O)C1CCN(S(=O)(=O)Cc2c(F)cccc2Cl)CC1. The second-order valence-electron chi connectivity index (χ2n) is 7.39. The van der Waals surface area contributed by atoms with Crippen LogP contribution >= 0.6 is 11.6 Å². The molecule has 1 fully saturated rings. The lowest BCUT2D eigenvalue weighted by molar-refractivity contribution is -0.120. The van der Waals surface area contributed by atoms with Crippen molar-refractivity contribution in [3.05, 3.63) is 64.4 Å². The first kappa shape index (κ1) is 24.2. The first-order valence-electron chi connectivity index (χ1n) is 10.2. The molecule has 0 atom stereocenters. The number of nitrogens with zero attached hydrogens (tertiary/aromatic N) is 1. The monoisotopic (exact) mass is 482 g/mol. The van der Waals surface area contributed by atoms with Crippen LogP contribution < -0.4 is 5.32 Å². The summed E-state index contributed by atoms with van der Waals surface area (Å²) in [6.07, 6.45) is 0.606. The number of rotatable bonds is 7. The van der Waals surface area contributed by atoms with Crippen molar-refractivity contribution >= 4 is 39.2 Å². The summed E-state index contributed by atoms with van der Waals surface area (Å²) in [5.74, 6) is -2.46. The summed E-state index contributed by atoms with van der Waals surface area (Å²) in [5, 5.41) is 2.81. The van der Waals surface area contributed by atoms with Crippen LogP contribution in [-0.2, 0) is 25.3 Å². The molecule has 1 amide bonds. The van der Waals surface area contributed by atoms with E-state index in [2.05, 4.69) is 5.32 Å². The van der Waals surface area contributed by atoms with Crippen molar-refractivity contribution in [1.82, 2.24) is 4.31 Å². The minimum atomic E-state index is -3.80. The molecule has 1 heterocycles. The van der Waals surface area contributed by atoms with Crippen molar-refractivity contribution in [3.8, 4) is 0 Å². The molecule has 1 saturated heterocycles. The molecule has 1 aliphatic rings. The number of sulfonamides is 1. The number of piperidine rings is 1. The second kappa shape index (κ2) is 10.4. The molecule has 0 unspecified atom stereocenters. The molecular weight excluding hydrogens is 459 g/mol. The lowest BCUT2D eigenvalue weighted by atomic mass is 9.97. The van der Waals surface area contributed by atoms with Gasteiger partial charge in [0.2, 0.25) is 15.9 Å². The highest BCUT2D eigenvalue weighted by Crippen LogP contribution is 2.27. The number of para-hydroxylation sites is 1. The van der Waals surface area contributed by atoms with E-state index in [1.165, 1.54) is 22.5 Å². The van der Waals surface area contributed by atoms with Gasteiger partial charge in [0.15, 0.2) is 0 Å². The number of ether oxygens (including phenoxy) is 1. The number of benzene rings is 2. The Morgan fingerprint density at radius 3 is 2.50 bits per heavy atom. The number of carbonyl (C=O) groups excluding carboxylic acids is 2. The Balaban J connectivity index is 1.62. The van der Waals surface area contributed by atoms with Gasteiger partial charge in [-0.1, -0.05) is 29.8 Å². The van der Waals surface area contributed by atoms with Gasteiger partial charge >= 0.3 is 5.97 Å². The van der Waals surface area contributed by atoms with Crippen LogP contribution in [0.2, 0.25) is 5.02 Å². The summed E-state index contributed by atoms with van der Waals surface area (Å²) >= 11 is 5.96. The molecule has 2 aromatic carbocycles. The highest BCUT2D eigenvalue weighted by Gasteiger charge is 2.32. The van der Waals surface area contributed by atoms with Gasteiger partial charge in [0, 0.05) is 29.6 Å². The van der Waals surface area contributed by atoms with Crippen LogP contribution in [-0.4, -0.2) is 44.3 Å². The topological polar surface area (TPSA) is 92.8 Å². The Kier molecular flexibility index (Phi) is 7.86. The van der Waals surface area contributed by atoms with E-state index in [4.69, 9.17) is 16.3 Å². The predicted octanol–water partition coefficient (Wildman–Crippen LogP) is 3.84. The molecule has 0 saturated carbocycles. The summed E-state index contributed by atoms with van der Waals surface area (Å²) in [6.45, 7) is 2.17. The molecule has 172 valence electrons. The summed E-state index contributed by atoms with van der Waals surface area (Å²) in [4.78, 5) is 24.8. The Bertz CT molecular complexity index is 1080. The molecule has 3 rings (SSSR count). The second-order valence-corrected chi connectivity index (χ2v) is 9.76. The average molecular weight is 483 g/mol. The number of hydrogen-bond acceptors (Lipinski definition) is 5. The normalized spacial score (nSPS) is 15.3. The third-order valence-electron chi connectivity index (χ3n) is 5.29. The third kappa shape index (κ3) is 5.65. The van der Waals surface area contributed by atoms with Crippen LogP contribution in [0.4, 0.5) is 10.1 Å². The lowest BCUT2D eigenvalue weighted by Gasteiger charge is -2.30. The maximum absolute atomic E-state index is 14.0. The first-order chi connectivity index (χ1) is 15.2. The minimum absolute atomic E-state index is 0.0584. The average Bonchev–Trinajstić information content (AvgIpc) is 2.77. The number of hydrogen-bond donors (Lipinski definition) is 1. The molecule has 7 nitrogen and oxygen atoms in total. The zero-order valence-corrected chi connectivity index (χ0v) is 19.1. The van der Waals surface area contributed by atoms with Crippen LogP contribution in [0.25, 0.3) is 0 Å². The molecule has 1 N–H and O–H groups in total. The summed E-state index contributed by atoms with van der Waals surface area (Å²) in [6, 6.07) is 10.6. The molecule has 1 aliphatic heterocycles. The molecule has 0 spiro atoms. The first-order valence-corrected chi connectivity index (χ1v) is 12.2. The van der Waals surface area contributed by atoms with E-state index in [-0.39, 0.29) is 41.8 Å². The summed E-state index contributed by atoms with van der Waals surface area (Å²) in [5.41, 5.74) is 0.536. The third-order valence-corrected chi connectivity index (χ3v) is 7.45. The van der Waals surface area contributed by atoms with E-state index in [1.807, 2.05) is 0 Å². The van der Waals surface area contributed by atoms with Gasteiger partial charge in [0.25, 0.3) is 0 Å². The molecule has 10 heteroatoms. The maximum Gasteiger partial charge on any atom is 0.340 e. The van der Waals surface area contributed by atoms with E-state index in [9.17, 15) is 22.4 Å². The number of esters is 1. The smallest absolute Gasteiger partial charge is 0.340 e. The largest absolute Gasteiger partial charge is 0.462 e. The van der Waals surface area contributed by atoms with Crippen molar-refractivity contribution in [2.24, 2.45) is 5.92 Å². The Morgan fingerprint density at radius 2 is 1.84 bits per heavy atom. The van der Waals surface area contributed by atoms with Gasteiger partial charge in [-0.25, -0.2) is 21.9 Å². The van der Waals surface area contributed by atoms with Gasteiger partial charge in [-0.05, 0) is 44.0 Å². The zero-order valence-electron chi connectivity index (χ0n) is 17.5. The van der Waals surface area contributed by atoms with E-state index in [1.54, 1.807) is 31.2 Å². The fourth-order valence-corrected chi connectivity index (χ4v) is 5.47. The van der Waals surface area contributed by atoms with E-state index >= 15 is 0 Å². The number of amides is 1. The van der Waals surface area contributed by atoms with Crippen LogP contribution in [0, 0.1) is 11.7 Å². The number of nitrogens with one attached hydrogen (secondary N) is 1. The minimum Gasteiger partial charge on any atom is -0.462 e. The van der Waals surface area contributed by atoms with Crippen LogP contribution in [0.15, 0.2) is 42.5 Å². The van der Waals surface area contributed by atoms with Crippen LogP contribution in [0.1, 0.15) is 35.7 Å². The molecule has 0 bridgehead atoms. The molecule has 32 heavy (non-hydrogen) atoms. The lowest BCUT2D eigenvalue weighted by Crippen LogP contribution is -2.42. The van der Waals surface area contributed by atoms with Crippen LogP contribution in [0.5, 0.6) is 0 Å². The molecule has 2 aromatic rings. The van der Waals surface area contributed by atoms with E-state index < -0.39 is 33.5 Å². The summed E-state index contributed by atoms with van der Waals surface area (Å²) in [7, 11) is -3.80. The zero-order chi connectivity index (χ0) is 23.3. The highest BCUT2D eigenvalue weighted by atomic mass is 35.5. The number of carbonyl (C=O) groups is 2. The van der Waals surface area contributed by atoms with E-state index in [0.29, 0.717) is 18.5 Å². The Hall–Kier alpha value is -2.49.